The zero-order chi connectivity index (χ0) is 20.3. The zero-order valence-corrected chi connectivity index (χ0v) is 16.5. The van der Waals surface area contributed by atoms with Gasteiger partial charge in [-0.15, -0.1) is 0 Å². The Morgan fingerprint density at radius 1 is 1.37 bits per heavy atom. The molecule has 0 fully saturated rings. The zero-order valence-electron chi connectivity index (χ0n) is 16.5. The topological polar surface area (TPSA) is 24.8 Å². The molecule has 0 amide bonds. The van der Waals surface area contributed by atoms with Crippen LogP contribution < -0.4 is 0 Å². The number of likely N-dealkylation sites (N-methyl/N-ethyl adjacent to an activating group) is 1. The molecule has 27 heavy (non-hydrogen) atoms. The van der Waals surface area contributed by atoms with Crippen molar-refractivity contribution in [3.05, 3.63) is 59.6 Å². The van der Waals surface area contributed by atoms with E-state index in [4.69, 9.17) is 4.74 Å². The number of aliphatic imine (C=N–C) groups is 1. The van der Waals surface area contributed by atoms with E-state index in [0.717, 1.165) is 44.6 Å². The Balaban J connectivity index is 2.97. The monoisotopic (exact) mass is 382 g/mol. The Hall–Kier alpha value is -2.08. The van der Waals surface area contributed by atoms with E-state index in [1.165, 1.54) is 5.57 Å². The van der Waals surface area contributed by atoms with Crippen LogP contribution >= 0.6 is 0 Å². The maximum atomic E-state index is 12.6. The van der Waals surface area contributed by atoms with Crippen molar-refractivity contribution in [3.8, 4) is 0 Å². The van der Waals surface area contributed by atoms with Crippen molar-refractivity contribution in [3.63, 3.8) is 0 Å². The van der Waals surface area contributed by atoms with Crippen molar-refractivity contribution in [2.75, 3.05) is 26.7 Å². The van der Waals surface area contributed by atoms with Crippen molar-refractivity contribution < 1.29 is 17.9 Å². The van der Waals surface area contributed by atoms with Crippen LogP contribution in [0.15, 0.2) is 64.6 Å². The molecule has 3 nitrogen and oxygen atoms in total. The van der Waals surface area contributed by atoms with E-state index in [0.29, 0.717) is 5.76 Å². The number of rotatable bonds is 8. The first-order chi connectivity index (χ1) is 12.8. The van der Waals surface area contributed by atoms with Crippen LogP contribution in [0.25, 0.3) is 0 Å². The minimum atomic E-state index is -4.44. The molecule has 150 valence electrons. The van der Waals surface area contributed by atoms with Crippen LogP contribution in [0.4, 0.5) is 13.2 Å². The van der Waals surface area contributed by atoms with E-state index < -0.39 is 11.9 Å². The first-order valence-corrected chi connectivity index (χ1v) is 9.08. The van der Waals surface area contributed by atoms with Crippen molar-refractivity contribution in [2.24, 2.45) is 4.99 Å². The van der Waals surface area contributed by atoms with Crippen LogP contribution in [0.2, 0.25) is 0 Å². The molecule has 0 spiro atoms. The maximum absolute atomic E-state index is 12.6. The van der Waals surface area contributed by atoms with Crippen LogP contribution in [0.3, 0.4) is 0 Å². The van der Waals surface area contributed by atoms with E-state index in [1.807, 2.05) is 38.2 Å². The van der Waals surface area contributed by atoms with Gasteiger partial charge in [0.25, 0.3) is 0 Å². The molecule has 1 rings (SSSR count). The van der Waals surface area contributed by atoms with Crippen LogP contribution in [0, 0.1) is 0 Å². The Labute approximate surface area is 160 Å². The van der Waals surface area contributed by atoms with Gasteiger partial charge in [0, 0.05) is 13.1 Å². The van der Waals surface area contributed by atoms with Crippen LogP contribution in [-0.4, -0.2) is 43.5 Å². The van der Waals surface area contributed by atoms with E-state index in [9.17, 15) is 13.2 Å². The first kappa shape index (κ1) is 23.0. The van der Waals surface area contributed by atoms with Gasteiger partial charge in [-0.25, -0.2) is 0 Å². The average molecular weight is 382 g/mol. The predicted molar refractivity (Wildman–Crippen MR) is 106 cm³/mol. The molecule has 0 unspecified atom stereocenters. The summed E-state index contributed by atoms with van der Waals surface area (Å²) in [4.78, 5) is 5.73. The smallest absolute Gasteiger partial charge is 0.429 e. The molecule has 0 atom stereocenters. The number of hydrogen-bond acceptors (Lipinski definition) is 3. The minimum absolute atomic E-state index is 0.278. The summed E-state index contributed by atoms with van der Waals surface area (Å²) in [7, 11) is 2.07. The number of hydrogen-bond donors (Lipinski definition) is 0. The van der Waals surface area contributed by atoms with Crippen LogP contribution in [0.1, 0.15) is 33.6 Å². The van der Waals surface area contributed by atoms with E-state index >= 15 is 0 Å². The van der Waals surface area contributed by atoms with Gasteiger partial charge in [-0.1, -0.05) is 37.3 Å². The van der Waals surface area contributed by atoms with E-state index in [2.05, 4.69) is 23.0 Å². The lowest BCUT2D eigenvalue weighted by Gasteiger charge is -2.23. The van der Waals surface area contributed by atoms with Gasteiger partial charge in [-0.05, 0) is 51.0 Å². The van der Waals surface area contributed by atoms with E-state index in [-0.39, 0.29) is 6.61 Å². The normalized spacial score (nSPS) is 18.5. The molecule has 0 radical (unpaired) electrons. The van der Waals surface area contributed by atoms with Crippen molar-refractivity contribution in [2.45, 2.75) is 39.8 Å². The average Bonchev–Trinajstić information content (AvgIpc) is 2.63. The van der Waals surface area contributed by atoms with Crippen LogP contribution in [-0.2, 0) is 4.74 Å². The Morgan fingerprint density at radius 2 is 2.11 bits per heavy atom. The molecule has 6 heteroatoms. The van der Waals surface area contributed by atoms with Gasteiger partial charge >= 0.3 is 6.18 Å². The lowest BCUT2D eigenvalue weighted by molar-refractivity contribution is -0.0591. The molecule has 1 aliphatic rings. The summed E-state index contributed by atoms with van der Waals surface area (Å²) in [5.41, 5.74) is 1.32. The molecule has 0 aliphatic carbocycles. The SMILES string of the molecule is C/C=C\C=C(/COC(/C=C/CC)=C/N=C(C)C(F)(F)F)C1=CCN(C)CC1. The summed E-state index contributed by atoms with van der Waals surface area (Å²) in [6.45, 7) is 6.93. The third-order valence-electron chi connectivity index (χ3n) is 4.02. The highest BCUT2D eigenvalue weighted by atomic mass is 19.4. The summed E-state index contributed by atoms with van der Waals surface area (Å²) in [6.07, 6.45) is 9.87. The van der Waals surface area contributed by atoms with Crippen molar-refractivity contribution in [1.82, 2.24) is 4.90 Å². The lowest BCUT2D eigenvalue weighted by atomic mass is 9.99. The van der Waals surface area contributed by atoms with Gasteiger partial charge in [0.1, 0.15) is 18.1 Å². The second kappa shape index (κ2) is 11.6. The maximum Gasteiger partial charge on any atom is 0.429 e. The van der Waals surface area contributed by atoms with Gasteiger partial charge in [-0.2, -0.15) is 13.2 Å². The van der Waals surface area contributed by atoms with Crippen LogP contribution in [0.5, 0.6) is 0 Å². The fourth-order valence-corrected chi connectivity index (χ4v) is 2.28. The number of nitrogens with zero attached hydrogens (tertiary/aromatic N) is 2. The van der Waals surface area contributed by atoms with Crippen molar-refractivity contribution >= 4 is 5.71 Å². The van der Waals surface area contributed by atoms with Crippen molar-refractivity contribution in [1.29, 1.82) is 0 Å². The second-order valence-electron chi connectivity index (χ2n) is 6.30. The number of allylic oxidation sites excluding steroid dienone is 5. The fraction of sp³-hybridized carbons (Fsp3) is 0.476. The highest BCUT2D eigenvalue weighted by Gasteiger charge is 2.31. The summed E-state index contributed by atoms with van der Waals surface area (Å²) >= 11 is 0. The molecule has 0 aromatic heterocycles. The quantitative estimate of drug-likeness (QED) is 0.310. The molecule has 0 bridgehead atoms. The van der Waals surface area contributed by atoms with Gasteiger partial charge in [0.05, 0.1) is 6.20 Å². The molecule has 0 N–H and O–H groups in total. The Kier molecular flexibility index (Phi) is 9.86. The predicted octanol–water partition coefficient (Wildman–Crippen LogP) is 5.60. The fourth-order valence-electron chi connectivity index (χ4n) is 2.28. The molecule has 0 aromatic rings. The Morgan fingerprint density at radius 3 is 2.67 bits per heavy atom. The van der Waals surface area contributed by atoms with Gasteiger partial charge in [-0.3, -0.25) is 4.99 Å². The largest absolute Gasteiger partial charge is 0.487 e. The Bertz CT molecular complexity index is 653. The third kappa shape index (κ3) is 8.91. The molecule has 0 aromatic carbocycles. The standard InChI is InChI=1S/C21H29F3N2O/c1-5-7-9-19(18-11-13-26(4)14-12-18)16-27-20(10-8-6-2)15-25-17(3)21(22,23)24/h5,7-11,15H,6,12-14,16H2,1-4H3/b7-5-,10-8+,19-9+,20-15+,25-17?. The van der Waals surface area contributed by atoms with Gasteiger partial charge in [0.2, 0.25) is 0 Å². The second-order valence-corrected chi connectivity index (χ2v) is 6.30. The third-order valence-corrected chi connectivity index (χ3v) is 4.02. The molecular weight excluding hydrogens is 353 g/mol. The lowest BCUT2D eigenvalue weighted by Crippen LogP contribution is -2.25. The van der Waals surface area contributed by atoms with E-state index in [1.54, 1.807) is 6.08 Å². The summed E-state index contributed by atoms with van der Waals surface area (Å²) in [5, 5.41) is 0. The summed E-state index contributed by atoms with van der Waals surface area (Å²) in [5.74, 6) is 0.306. The molecular formula is C21H29F3N2O. The minimum Gasteiger partial charge on any atom is -0.487 e. The molecule has 0 saturated carbocycles. The first-order valence-electron chi connectivity index (χ1n) is 9.08. The van der Waals surface area contributed by atoms with Gasteiger partial charge < -0.3 is 9.64 Å². The highest BCUT2D eigenvalue weighted by Crippen LogP contribution is 2.21. The molecule has 1 heterocycles. The highest BCUT2D eigenvalue weighted by molar-refractivity contribution is 5.87. The summed E-state index contributed by atoms with van der Waals surface area (Å²) < 4.78 is 43.7. The number of alkyl halides is 3. The molecule has 0 saturated heterocycles. The number of ether oxygens (including phenoxy) is 1. The number of halogens is 3. The molecule has 1 aliphatic heterocycles. The van der Waals surface area contributed by atoms with Gasteiger partial charge in [0.15, 0.2) is 0 Å². The summed E-state index contributed by atoms with van der Waals surface area (Å²) in [6, 6.07) is 0.